The standard InChI is InChI=1S/C9H11FN2O/c1-6-7(10)3-2-4-8(6)12-9(13)5-11/h2-4H,5,11H2,1H3,(H,12,13). The molecule has 0 unspecified atom stereocenters. The highest BCUT2D eigenvalue weighted by molar-refractivity contribution is 5.92. The number of hydrogen-bond donors (Lipinski definition) is 2. The van der Waals surface area contributed by atoms with Gasteiger partial charge in [-0.3, -0.25) is 4.79 Å². The Morgan fingerprint density at radius 2 is 2.31 bits per heavy atom. The number of amides is 1. The Morgan fingerprint density at radius 3 is 2.92 bits per heavy atom. The van der Waals surface area contributed by atoms with E-state index in [2.05, 4.69) is 5.32 Å². The van der Waals surface area contributed by atoms with Gasteiger partial charge >= 0.3 is 0 Å². The van der Waals surface area contributed by atoms with Gasteiger partial charge in [0.2, 0.25) is 5.91 Å². The molecule has 3 nitrogen and oxygen atoms in total. The van der Waals surface area contributed by atoms with Gasteiger partial charge in [-0.2, -0.15) is 0 Å². The van der Waals surface area contributed by atoms with Crippen LogP contribution in [0.2, 0.25) is 0 Å². The van der Waals surface area contributed by atoms with Crippen molar-refractivity contribution in [3.63, 3.8) is 0 Å². The third-order valence-corrected chi connectivity index (χ3v) is 1.73. The van der Waals surface area contributed by atoms with Crippen LogP contribution in [0.3, 0.4) is 0 Å². The number of carbonyl (C=O) groups excluding carboxylic acids is 1. The highest BCUT2D eigenvalue weighted by atomic mass is 19.1. The van der Waals surface area contributed by atoms with Crippen molar-refractivity contribution in [2.45, 2.75) is 6.92 Å². The molecule has 0 radical (unpaired) electrons. The lowest BCUT2D eigenvalue weighted by Crippen LogP contribution is -2.22. The molecular formula is C9H11FN2O. The average molecular weight is 182 g/mol. The fourth-order valence-electron chi connectivity index (χ4n) is 0.944. The SMILES string of the molecule is Cc1c(F)cccc1NC(=O)CN. The Kier molecular flexibility index (Phi) is 2.97. The first kappa shape index (κ1) is 9.67. The first-order valence-electron chi connectivity index (χ1n) is 3.90. The van der Waals surface area contributed by atoms with Gasteiger partial charge in [-0.05, 0) is 19.1 Å². The number of carbonyl (C=O) groups is 1. The van der Waals surface area contributed by atoms with Crippen molar-refractivity contribution < 1.29 is 9.18 Å². The molecule has 0 saturated carbocycles. The van der Waals surface area contributed by atoms with Crippen molar-refractivity contribution in [3.05, 3.63) is 29.6 Å². The summed E-state index contributed by atoms with van der Waals surface area (Å²) in [6, 6.07) is 4.51. The summed E-state index contributed by atoms with van der Waals surface area (Å²) >= 11 is 0. The van der Waals surface area contributed by atoms with Gasteiger partial charge in [0, 0.05) is 11.3 Å². The Bertz CT molecular complexity index is 325. The number of anilines is 1. The Hall–Kier alpha value is -1.42. The maximum atomic E-state index is 13.0. The molecule has 0 aliphatic rings. The van der Waals surface area contributed by atoms with Gasteiger partial charge in [0.1, 0.15) is 5.82 Å². The van der Waals surface area contributed by atoms with E-state index >= 15 is 0 Å². The van der Waals surface area contributed by atoms with Crippen LogP contribution >= 0.6 is 0 Å². The summed E-state index contributed by atoms with van der Waals surface area (Å²) in [4.78, 5) is 10.9. The molecule has 1 aromatic rings. The maximum absolute atomic E-state index is 13.0. The molecular weight excluding hydrogens is 171 g/mol. The molecule has 0 heterocycles. The summed E-state index contributed by atoms with van der Waals surface area (Å²) in [5.41, 5.74) is 5.99. The summed E-state index contributed by atoms with van der Waals surface area (Å²) in [6.45, 7) is 1.50. The minimum absolute atomic E-state index is 0.101. The van der Waals surface area contributed by atoms with E-state index in [0.29, 0.717) is 11.3 Å². The summed E-state index contributed by atoms with van der Waals surface area (Å²) in [5.74, 6) is -0.663. The minimum atomic E-state index is -0.338. The van der Waals surface area contributed by atoms with E-state index in [9.17, 15) is 9.18 Å². The number of benzene rings is 1. The molecule has 13 heavy (non-hydrogen) atoms. The average Bonchev–Trinajstić information content (AvgIpc) is 2.13. The third kappa shape index (κ3) is 2.26. The summed E-state index contributed by atoms with van der Waals surface area (Å²) < 4.78 is 13.0. The fourth-order valence-corrected chi connectivity index (χ4v) is 0.944. The van der Waals surface area contributed by atoms with Crippen LogP contribution in [0.1, 0.15) is 5.56 Å². The van der Waals surface area contributed by atoms with Crippen LogP contribution in [0.15, 0.2) is 18.2 Å². The molecule has 1 rings (SSSR count). The van der Waals surface area contributed by atoms with E-state index in [4.69, 9.17) is 5.73 Å². The summed E-state index contributed by atoms with van der Waals surface area (Å²) in [6.07, 6.45) is 0. The second-order valence-corrected chi connectivity index (χ2v) is 2.66. The maximum Gasteiger partial charge on any atom is 0.238 e. The van der Waals surface area contributed by atoms with Gasteiger partial charge in [-0.15, -0.1) is 0 Å². The Balaban J connectivity index is 2.89. The van der Waals surface area contributed by atoms with E-state index in [-0.39, 0.29) is 18.3 Å². The summed E-state index contributed by atoms with van der Waals surface area (Å²) in [5, 5.41) is 2.50. The molecule has 0 aliphatic heterocycles. The molecule has 0 fully saturated rings. The highest BCUT2D eigenvalue weighted by Gasteiger charge is 2.05. The molecule has 1 aromatic carbocycles. The van der Waals surface area contributed by atoms with Crippen molar-refractivity contribution in [1.29, 1.82) is 0 Å². The van der Waals surface area contributed by atoms with Gasteiger partial charge in [0.25, 0.3) is 0 Å². The van der Waals surface area contributed by atoms with Crippen molar-refractivity contribution >= 4 is 11.6 Å². The van der Waals surface area contributed by atoms with Gasteiger partial charge < -0.3 is 11.1 Å². The van der Waals surface area contributed by atoms with Crippen molar-refractivity contribution in [2.75, 3.05) is 11.9 Å². The fraction of sp³-hybridized carbons (Fsp3) is 0.222. The Morgan fingerprint density at radius 1 is 1.62 bits per heavy atom. The first-order valence-corrected chi connectivity index (χ1v) is 3.90. The lowest BCUT2D eigenvalue weighted by Gasteiger charge is -2.06. The summed E-state index contributed by atoms with van der Waals surface area (Å²) in [7, 11) is 0. The van der Waals surface area contributed by atoms with Crippen molar-refractivity contribution in [3.8, 4) is 0 Å². The second kappa shape index (κ2) is 4.00. The minimum Gasteiger partial charge on any atom is -0.325 e. The lowest BCUT2D eigenvalue weighted by molar-refractivity contribution is -0.114. The predicted octanol–water partition coefficient (Wildman–Crippen LogP) is 1.03. The van der Waals surface area contributed by atoms with E-state index < -0.39 is 0 Å². The van der Waals surface area contributed by atoms with Gasteiger partial charge in [-0.25, -0.2) is 4.39 Å². The van der Waals surface area contributed by atoms with Gasteiger partial charge in [0.05, 0.1) is 6.54 Å². The van der Waals surface area contributed by atoms with Crippen LogP contribution in [0, 0.1) is 12.7 Å². The van der Waals surface area contributed by atoms with Gasteiger partial charge in [-0.1, -0.05) is 6.07 Å². The molecule has 0 atom stereocenters. The molecule has 3 N–H and O–H groups in total. The normalized spacial score (nSPS) is 9.77. The molecule has 0 bridgehead atoms. The van der Waals surface area contributed by atoms with E-state index in [1.165, 1.54) is 12.1 Å². The van der Waals surface area contributed by atoms with E-state index in [0.717, 1.165) is 0 Å². The molecule has 0 aliphatic carbocycles. The molecule has 0 aromatic heterocycles. The van der Waals surface area contributed by atoms with Crippen LogP contribution in [0.25, 0.3) is 0 Å². The molecule has 70 valence electrons. The number of halogens is 1. The highest BCUT2D eigenvalue weighted by Crippen LogP contribution is 2.16. The number of rotatable bonds is 2. The van der Waals surface area contributed by atoms with E-state index in [1.807, 2.05) is 0 Å². The molecule has 0 spiro atoms. The zero-order valence-corrected chi connectivity index (χ0v) is 7.30. The van der Waals surface area contributed by atoms with Crippen molar-refractivity contribution in [2.24, 2.45) is 5.73 Å². The lowest BCUT2D eigenvalue weighted by atomic mass is 10.2. The molecule has 4 heteroatoms. The largest absolute Gasteiger partial charge is 0.325 e. The second-order valence-electron chi connectivity index (χ2n) is 2.66. The number of hydrogen-bond acceptors (Lipinski definition) is 2. The smallest absolute Gasteiger partial charge is 0.238 e. The first-order chi connectivity index (χ1) is 6.15. The zero-order chi connectivity index (χ0) is 9.84. The topological polar surface area (TPSA) is 55.1 Å². The Labute approximate surface area is 75.7 Å². The van der Waals surface area contributed by atoms with Crippen LogP contribution in [0.5, 0.6) is 0 Å². The third-order valence-electron chi connectivity index (χ3n) is 1.73. The predicted molar refractivity (Wildman–Crippen MR) is 48.8 cm³/mol. The molecule has 1 amide bonds. The van der Waals surface area contributed by atoms with Crippen LogP contribution < -0.4 is 11.1 Å². The van der Waals surface area contributed by atoms with Crippen LogP contribution in [0.4, 0.5) is 10.1 Å². The zero-order valence-electron chi connectivity index (χ0n) is 7.30. The van der Waals surface area contributed by atoms with Crippen LogP contribution in [-0.2, 0) is 4.79 Å². The van der Waals surface area contributed by atoms with Gasteiger partial charge in [0.15, 0.2) is 0 Å². The molecule has 0 saturated heterocycles. The van der Waals surface area contributed by atoms with Crippen molar-refractivity contribution in [1.82, 2.24) is 0 Å². The monoisotopic (exact) mass is 182 g/mol. The van der Waals surface area contributed by atoms with Crippen LogP contribution in [-0.4, -0.2) is 12.5 Å². The number of nitrogens with two attached hydrogens (primary N) is 1. The number of nitrogens with one attached hydrogen (secondary N) is 1. The quantitative estimate of drug-likeness (QED) is 0.717. The van der Waals surface area contributed by atoms with E-state index in [1.54, 1.807) is 13.0 Å².